The van der Waals surface area contributed by atoms with Gasteiger partial charge in [-0.2, -0.15) is 0 Å². The first kappa shape index (κ1) is 14.7. The summed E-state index contributed by atoms with van der Waals surface area (Å²) in [4.78, 5) is 11.1. The third-order valence-electron chi connectivity index (χ3n) is 3.01. The van der Waals surface area contributed by atoms with Gasteiger partial charge in [-0.05, 0) is 36.5 Å². The second kappa shape index (κ2) is 7.85. The van der Waals surface area contributed by atoms with Crippen molar-refractivity contribution in [2.75, 3.05) is 7.11 Å². The molecular weight excluding hydrogens is 231 g/mol. The fourth-order valence-electron chi connectivity index (χ4n) is 1.89. The second-order valence-corrected chi connectivity index (χ2v) is 4.46. The number of esters is 1. The first-order valence-electron chi connectivity index (χ1n) is 6.51. The maximum absolute atomic E-state index is 13.6. The number of hydrogen-bond donors (Lipinski definition) is 0. The van der Waals surface area contributed by atoms with Crippen LogP contribution in [0.25, 0.3) is 0 Å². The van der Waals surface area contributed by atoms with E-state index in [1.54, 1.807) is 6.07 Å². The molecule has 0 unspecified atom stereocenters. The van der Waals surface area contributed by atoms with E-state index in [4.69, 9.17) is 0 Å². The van der Waals surface area contributed by atoms with Crippen LogP contribution >= 0.6 is 0 Å². The summed E-state index contributed by atoms with van der Waals surface area (Å²) < 4.78 is 18.2. The highest BCUT2D eigenvalue weighted by Crippen LogP contribution is 2.15. The molecule has 1 aromatic carbocycles. The number of rotatable bonds is 7. The number of aryl methyl sites for hydroxylation is 2. The van der Waals surface area contributed by atoms with E-state index in [0.717, 1.165) is 36.8 Å². The Morgan fingerprint density at radius 3 is 2.72 bits per heavy atom. The quantitative estimate of drug-likeness (QED) is 0.547. The number of carbonyl (C=O) groups excluding carboxylic acids is 1. The van der Waals surface area contributed by atoms with Crippen LogP contribution in [-0.4, -0.2) is 13.1 Å². The van der Waals surface area contributed by atoms with Crippen LogP contribution in [0, 0.1) is 5.82 Å². The molecule has 0 aliphatic carbocycles. The first-order valence-corrected chi connectivity index (χ1v) is 6.51. The predicted molar refractivity (Wildman–Crippen MR) is 70.0 cm³/mol. The fourth-order valence-corrected chi connectivity index (χ4v) is 1.89. The van der Waals surface area contributed by atoms with Gasteiger partial charge in [0, 0.05) is 6.42 Å². The van der Waals surface area contributed by atoms with Crippen LogP contribution in [-0.2, 0) is 22.4 Å². The molecular formula is C15H21FO2. The minimum atomic E-state index is -0.230. The van der Waals surface area contributed by atoms with Gasteiger partial charge < -0.3 is 4.74 Å². The number of ether oxygens (including phenoxy) is 1. The molecule has 0 spiro atoms. The zero-order chi connectivity index (χ0) is 13.4. The zero-order valence-electron chi connectivity index (χ0n) is 11.2. The highest BCUT2D eigenvalue weighted by atomic mass is 19.1. The Labute approximate surface area is 108 Å². The summed E-state index contributed by atoms with van der Waals surface area (Å²) in [6, 6.07) is 5.10. The van der Waals surface area contributed by atoms with Crippen LogP contribution in [0.3, 0.4) is 0 Å². The molecule has 0 aliphatic rings. The number of unbranched alkanes of at least 4 members (excludes halogenated alkanes) is 2. The topological polar surface area (TPSA) is 26.3 Å². The number of halogens is 1. The lowest BCUT2D eigenvalue weighted by Gasteiger charge is -2.06. The molecule has 0 saturated heterocycles. The Kier molecular flexibility index (Phi) is 6.40. The summed E-state index contributed by atoms with van der Waals surface area (Å²) in [6.07, 6.45) is 4.97. The molecule has 0 bridgehead atoms. The maximum Gasteiger partial charge on any atom is 0.305 e. The van der Waals surface area contributed by atoms with Crippen molar-refractivity contribution in [3.05, 3.63) is 35.1 Å². The number of methoxy groups -OCH3 is 1. The monoisotopic (exact) mass is 252 g/mol. The SMILES string of the molecule is CCCCCc1cc(CCC(=O)OC)ccc1F. The molecule has 0 fully saturated rings. The van der Waals surface area contributed by atoms with Crippen LogP contribution in [0.1, 0.15) is 43.7 Å². The molecule has 0 aromatic heterocycles. The van der Waals surface area contributed by atoms with Gasteiger partial charge in [0.25, 0.3) is 0 Å². The minimum absolute atomic E-state index is 0.145. The van der Waals surface area contributed by atoms with Gasteiger partial charge in [0.05, 0.1) is 7.11 Å². The number of hydrogen-bond acceptors (Lipinski definition) is 2. The molecule has 18 heavy (non-hydrogen) atoms. The molecule has 2 nitrogen and oxygen atoms in total. The standard InChI is InChI=1S/C15H21FO2/c1-3-4-5-6-13-11-12(7-9-14(13)16)8-10-15(17)18-2/h7,9,11H,3-6,8,10H2,1-2H3. The molecule has 0 amide bonds. The van der Waals surface area contributed by atoms with E-state index in [9.17, 15) is 9.18 Å². The molecule has 0 N–H and O–H groups in total. The summed E-state index contributed by atoms with van der Waals surface area (Å²) in [5.74, 6) is -0.375. The van der Waals surface area contributed by atoms with E-state index in [1.165, 1.54) is 13.2 Å². The Hall–Kier alpha value is -1.38. The third kappa shape index (κ3) is 4.86. The van der Waals surface area contributed by atoms with Gasteiger partial charge in [-0.25, -0.2) is 4.39 Å². The molecule has 0 heterocycles. The first-order chi connectivity index (χ1) is 8.67. The lowest BCUT2D eigenvalue weighted by molar-refractivity contribution is -0.140. The van der Waals surface area contributed by atoms with Crippen LogP contribution in [0.5, 0.6) is 0 Å². The van der Waals surface area contributed by atoms with E-state index < -0.39 is 0 Å². The van der Waals surface area contributed by atoms with Crippen molar-refractivity contribution in [1.29, 1.82) is 0 Å². The summed E-state index contributed by atoms with van der Waals surface area (Å²) in [5.41, 5.74) is 1.75. The molecule has 100 valence electrons. The van der Waals surface area contributed by atoms with Crippen molar-refractivity contribution < 1.29 is 13.9 Å². The summed E-state index contributed by atoms with van der Waals surface area (Å²) in [6.45, 7) is 2.13. The van der Waals surface area contributed by atoms with Crippen molar-refractivity contribution in [3.63, 3.8) is 0 Å². The molecule has 1 rings (SSSR count). The lowest BCUT2D eigenvalue weighted by Crippen LogP contribution is -2.02. The molecule has 0 radical (unpaired) electrons. The molecule has 1 aromatic rings. The minimum Gasteiger partial charge on any atom is -0.469 e. The number of benzene rings is 1. The Morgan fingerprint density at radius 2 is 2.06 bits per heavy atom. The molecule has 0 saturated carbocycles. The average Bonchev–Trinajstić information content (AvgIpc) is 2.39. The highest BCUT2D eigenvalue weighted by Gasteiger charge is 2.06. The van der Waals surface area contributed by atoms with Gasteiger partial charge in [-0.1, -0.05) is 31.9 Å². The average molecular weight is 252 g/mol. The zero-order valence-corrected chi connectivity index (χ0v) is 11.2. The van der Waals surface area contributed by atoms with E-state index in [2.05, 4.69) is 11.7 Å². The summed E-state index contributed by atoms with van der Waals surface area (Å²) in [7, 11) is 1.38. The Bertz CT molecular complexity index is 388. The number of carbonyl (C=O) groups is 1. The van der Waals surface area contributed by atoms with E-state index in [1.807, 2.05) is 6.07 Å². The maximum atomic E-state index is 13.6. The van der Waals surface area contributed by atoms with Crippen molar-refractivity contribution in [2.45, 2.75) is 45.4 Å². The van der Waals surface area contributed by atoms with Crippen LogP contribution in [0.2, 0.25) is 0 Å². The van der Waals surface area contributed by atoms with Gasteiger partial charge in [0.1, 0.15) is 5.82 Å². The smallest absolute Gasteiger partial charge is 0.305 e. The van der Waals surface area contributed by atoms with E-state index in [-0.39, 0.29) is 11.8 Å². The highest BCUT2D eigenvalue weighted by molar-refractivity contribution is 5.69. The van der Waals surface area contributed by atoms with Gasteiger partial charge in [-0.15, -0.1) is 0 Å². The predicted octanol–water partition coefficient (Wildman–Crippen LogP) is 3.66. The summed E-state index contributed by atoms with van der Waals surface area (Å²) >= 11 is 0. The van der Waals surface area contributed by atoms with E-state index in [0.29, 0.717) is 12.8 Å². The third-order valence-corrected chi connectivity index (χ3v) is 3.01. The van der Waals surface area contributed by atoms with Crippen LogP contribution < -0.4 is 0 Å². The van der Waals surface area contributed by atoms with Gasteiger partial charge in [0.15, 0.2) is 0 Å². The van der Waals surface area contributed by atoms with Crippen molar-refractivity contribution in [2.24, 2.45) is 0 Å². The Morgan fingerprint density at radius 1 is 1.28 bits per heavy atom. The molecule has 0 aliphatic heterocycles. The van der Waals surface area contributed by atoms with Gasteiger partial charge in [0.2, 0.25) is 0 Å². The van der Waals surface area contributed by atoms with Crippen molar-refractivity contribution in [1.82, 2.24) is 0 Å². The second-order valence-electron chi connectivity index (χ2n) is 4.46. The largest absolute Gasteiger partial charge is 0.469 e. The Balaban J connectivity index is 2.59. The summed E-state index contributed by atoms with van der Waals surface area (Å²) in [5, 5.41) is 0. The van der Waals surface area contributed by atoms with Crippen molar-refractivity contribution >= 4 is 5.97 Å². The van der Waals surface area contributed by atoms with Crippen LogP contribution in [0.4, 0.5) is 4.39 Å². The molecule has 3 heteroatoms. The normalized spacial score (nSPS) is 10.4. The van der Waals surface area contributed by atoms with Crippen LogP contribution in [0.15, 0.2) is 18.2 Å². The molecule has 0 atom stereocenters. The lowest BCUT2D eigenvalue weighted by atomic mass is 10.0. The van der Waals surface area contributed by atoms with Gasteiger partial charge >= 0.3 is 5.97 Å². The van der Waals surface area contributed by atoms with Crippen molar-refractivity contribution in [3.8, 4) is 0 Å². The van der Waals surface area contributed by atoms with Gasteiger partial charge in [-0.3, -0.25) is 4.79 Å². The van der Waals surface area contributed by atoms with E-state index >= 15 is 0 Å². The fraction of sp³-hybridized carbons (Fsp3) is 0.533.